The van der Waals surface area contributed by atoms with Crippen LogP contribution in [0, 0.1) is 0 Å². The number of aromatic nitrogens is 5. The van der Waals surface area contributed by atoms with E-state index in [1.807, 2.05) is 25.1 Å². The molecule has 1 aliphatic heterocycles. The quantitative estimate of drug-likeness (QED) is 0.712. The molecule has 1 N–H and O–H groups in total. The lowest BCUT2D eigenvalue weighted by atomic mass is 10.2. The van der Waals surface area contributed by atoms with Gasteiger partial charge in [0.2, 0.25) is 0 Å². The minimum absolute atomic E-state index is 0.174. The zero-order valence-electron chi connectivity index (χ0n) is 14.0. The van der Waals surface area contributed by atoms with Gasteiger partial charge in [0, 0.05) is 23.4 Å². The molecule has 3 heterocycles. The Balaban J connectivity index is 1.55. The summed E-state index contributed by atoms with van der Waals surface area (Å²) < 4.78 is 2.44. The molecule has 8 nitrogen and oxygen atoms in total. The molecule has 1 aromatic carbocycles. The van der Waals surface area contributed by atoms with Crippen LogP contribution in [0.5, 0.6) is 0 Å². The molecule has 0 fully saturated rings. The lowest BCUT2D eigenvalue weighted by molar-refractivity contribution is 0.243. The number of hydrogen-bond donors (Lipinski definition) is 1. The molecule has 0 radical (unpaired) electrons. The highest BCUT2D eigenvalue weighted by Crippen LogP contribution is 2.35. The van der Waals surface area contributed by atoms with E-state index in [1.54, 1.807) is 23.4 Å². The fourth-order valence-corrected chi connectivity index (χ4v) is 3.66. The SMILES string of the molecule is CC(NC(=O)N1CCc2cccc(Br)c21)c1ncnn1-c1ncccn1. The van der Waals surface area contributed by atoms with Gasteiger partial charge in [-0.1, -0.05) is 12.1 Å². The molecule has 4 rings (SSSR count). The van der Waals surface area contributed by atoms with Crippen LogP contribution in [-0.2, 0) is 6.42 Å². The van der Waals surface area contributed by atoms with Crippen LogP contribution in [0.3, 0.4) is 0 Å². The minimum atomic E-state index is -0.361. The topological polar surface area (TPSA) is 88.8 Å². The van der Waals surface area contributed by atoms with Gasteiger partial charge in [-0.3, -0.25) is 4.90 Å². The van der Waals surface area contributed by atoms with Gasteiger partial charge in [0.05, 0.1) is 11.7 Å². The summed E-state index contributed by atoms with van der Waals surface area (Å²) in [6, 6.07) is 7.16. The van der Waals surface area contributed by atoms with Crippen molar-refractivity contribution in [3.05, 3.63) is 58.8 Å². The molecule has 0 spiro atoms. The summed E-state index contributed by atoms with van der Waals surface area (Å²) >= 11 is 3.54. The van der Waals surface area contributed by atoms with Crippen LogP contribution in [-0.4, -0.2) is 37.3 Å². The fraction of sp³-hybridized carbons (Fsp3) is 0.235. The van der Waals surface area contributed by atoms with Crippen molar-refractivity contribution in [1.82, 2.24) is 30.0 Å². The number of fused-ring (bicyclic) bond motifs is 1. The first-order valence-corrected chi connectivity index (χ1v) is 8.97. The standard InChI is InChI=1S/C17H16BrN7O/c1-11(15-21-10-22-25(15)16-19-7-3-8-20-16)23-17(26)24-9-6-12-4-2-5-13(18)14(12)24/h2-5,7-8,10-11H,6,9H2,1H3,(H,23,26). The van der Waals surface area contributed by atoms with Crippen molar-refractivity contribution in [2.45, 2.75) is 19.4 Å². The van der Waals surface area contributed by atoms with E-state index < -0.39 is 0 Å². The molecule has 3 aromatic rings. The van der Waals surface area contributed by atoms with Crippen LogP contribution in [0.15, 0.2) is 47.5 Å². The van der Waals surface area contributed by atoms with Gasteiger partial charge in [0.25, 0.3) is 5.95 Å². The highest BCUT2D eigenvalue weighted by Gasteiger charge is 2.28. The van der Waals surface area contributed by atoms with Crippen molar-refractivity contribution in [2.24, 2.45) is 0 Å². The van der Waals surface area contributed by atoms with Gasteiger partial charge < -0.3 is 5.32 Å². The monoisotopic (exact) mass is 413 g/mol. The fourth-order valence-electron chi connectivity index (χ4n) is 3.04. The number of nitrogens with one attached hydrogen (secondary N) is 1. The summed E-state index contributed by atoms with van der Waals surface area (Å²) in [5.74, 6) is 0.978. The van der Waals surface area contributed by atoms with Crippen molar-refractivity contribution in [1.29, 1.82) is 0 Å². The van der Waals surface area contributed by atoms with Crippen molar-refractivity contribution in [2.75, 3.05) is 11.4 Å². The number of para-hydroxylation sites is 1. The lowest BCUT2D eigenvalue weighted by Crippen LogP contribution is -2.41. The van der Waals surface area contributed by atoms with E-state index in [0.717, 1.165) is 22.1 Å². The Hall–Kier alpha value is -2.81. The number of rotatable bonds is 3. The third kappa shape index (κ3) is 2.94. The van der Waals surface area contributed by atoms with E-state index in [4.69, 9.17) is 0 Å². The van der Waals surface area contributed by atoms with Crippen LogP contribution in [0.2, 0.25) is 0 Å². The zero-order chi connectivity index (χ0) is 18.1. The van der Waals surface area contributed by atoms with Gasteiger partial charge in [-0.2, -0.15) is 9.78 Å². The number of carbonyl (C=O) groups excluding carboxylic acids is 1. The lowest BCUT2D eigenvalue weighted by Gasteiger charge is -2.22. The molecule has 0 saturated heterocycles. The molecule has 132 valence electrons. The number of amides is 2. The first-order chi connectivity index (χ1) is 12.6. The summed E-state index contributed by atoms with van der Waals surface area (Å²) in [7, 11) is 0. The van der Waals surface area contributed by atoms with Crippen molar-refractivity contribution < 1.29 is 4.79 Å². The Kier molecular flexibility index (Phi) is 4.37. The number of carbonyl (C=O) groups is 1. The van der Waals surface area contributed by atoms with E-state index in [9.17, 15) is 4.79 Å². The van der Waals surface area contributed by atoms with Crippen molar-refractivity contribution in [3.63, 3.8) is 0 Å². The summed E-state index contributed by atoms with van der Waals surface area (Å²) in [4.78, 5) is 27.2. The van der Waals surface area contributed by atoms with E-state index in [0.29, 0.717) is 18.3 Å². The Morgan fingerprint density at radius 1 is 1.23 bits per heavy atom. The van der Waals surface area contributed by atoms with Gasteiger partial charge >= 0.3 is 6.03 Å². The Bertz CT molecular complexity index is 943. The molecule has 0 saturated carbocycles. The summed E-state index contributed by atoms with van der Waals surface area (Å²) in [6.07, 6.45) is 5.53. The summed E-state index contributed by atoms with van der Waals surface area (Å²) in [5, 5.41) is 7.16. The van der Waals surface area contributed by atoms with Crippen molar-refractivity contribution in [3.8, 4) is 5.95 Å². The van der Waals surface area contributed by atoms with Gasteiger partial charge in [-0.15, -0.1) is 0 Å². The van der Waals surface area contributed by atoms with Gasteiger partial charge in [0.1, 0.15) is 6.33 Å². The first kappa shape index (κ1) is 16.6. The molecule has 26 heavy (non-hydrogen) atoms. The third-order valence-electron chi connectivity index (χ3n) is 4.23. The number of halogens is 1. The smallest absolute Gasteiger partial charge is 0.322 e. The predicted molar refractivity (Wildman–Crippen MR) is 99.1 cm³/mol. The maximum Gasteiger partial charge on any atom is 0.322 e. The zero-order valence-corrected chi connectivity index (χ0v) is 15.6. The Labute approximate surface area is 158 Å². The van der Waals surface area contributed by atoms with E-state index in [-0.39, 0.29) is 12.1 Å². The van der Waals surface area contributed by atoms with Crippen LogP contribution in [0.25, 0.3) is 5.95 Å². The summed E-state index contributed by atoms with van der Waals surface area (Å²) in [5.41, 5.74) is 2.08. The predicted octanol–water partition coefficient (Wildman–Crippen LogP) is 2.65. The molecule has 1 aliphatic rings. The van der Waals surface area contributed by atoms with Crippen LogP contribution in [0.4, 0.5) is 10.5 Å². The molecule has 1 atom stereocenters. The first-order valence-electron chi connectivity index (χ1n) is 8.18. The molecule has 0 bridgehead atoms. The normalized spacial score (nSPS) is 14.2. The number of hydrogen-bond acceptors (Lipinski definition) is 5. The van der Waals surface area contributed by atoms with Crippen LogP contribution < -0.4 is 10.2 Å². The number of urea groups is 1. The van der Waals surface area contributed by atoms with Gasteiger partial charge in [-0.25, -0.2) is 19.7 Å². The third-order valence-corrected chi connectivity index (χ3v) is 4.87. The molecule has 9 heteroatoms. The van der Waals surface area contributed by atoms with E-state index >= 15 is 0 Å². The maximum absolute atomic E-state index is 12.8. The Morgan fingerprint density at radius 3 is 2.85 bits per heavy atom. The maximum atomic E-state index is 12.8. The van der Waals surface area contributed by atoms with E-state index in [1.165, 1.54) is 11.0 Å². The average Bonchev–Trinajstić information content (AvgIpc) is 3.30. The number of anilines is 1. The second-order valence-corrected chi connectivity index (χ2v) is 6.75. The average molecular weight is 414 g/mol. The highest BCUT2D eigenvalue weighted by atomic mass is 79.9. The largest absolute Gasteiger partial charge is 0.328 e. The molecular weight excluding hydrogens is 398 g/mol. The number of benzene rings is 1. The molecule has 2 amide bonds. The van der Waals surface area contributed by atoms with E-state index in [2.05, 4.69) is 41.3 Å². The molecule has 0 aliphatic carbocycles. The molecule has 1 unspecified atom stereocenters. The Morgan fingerprint density at radius 2 is 2.04 bits per heavy atom. The number of nitrogens with zero attached hydrogens (tertiary/aromatic N) is 6. The van der Waals surface area contributed by atoms with Crippen molar-refractivity contribution >= 4 is 27.6 Å². The molecule has 2 aromatic heterocycles. The second kappa shape index (κ2) is 6.83. The van der Waals surface area contributed by atoms with Gasteiger partial charge in [-0.05, 0) is 47.0 Å². The highest BCUT2D eigenvalue weighted by molar-refractivity contribution is 9.10. The van der Waals surface area contributed by atoms with Gasteiger partial charge in [0.15, 0.2) is 5.82 Å². The minimum Gasteiger partial charge on any atom is -0.328 e. The molecular formula is C17H16BrN7O. The van der Waals surface area contributed by atoms with Crippen LogP contribution >= 0.6 is 15.9 Å². The summed E-state index contributed by atoms with van der Waals surface area (Å²) in [6.45, 7) is 2.50. The second-order valence-electron chi connectivity index (χ2n) is 5.90. The van der Waals surface area contributed by atoms with Crippen LogP contribution in [0.1, 0.15) is 24.4 Å².